The highest BCUT2D eigenvalue weighted by Crippen LogP contribution is 2.19. The zero-order valence-electron chi connectivity index (χ0n) is 18.7. The van der Waals surface area contributed by atoms with Crippen LogP contribution < -0.4 is 16.4 Å². The Hall–Kier alpha value is -3.18. The van der Waals surface area contributed by atoms with Gasteiger partial charge in [0.25, 0.3) is 0 Å². The van der Waals surface area contributed by atoms with E-state index in [1.165, 1.54) is 12.1 Å². The number of aliphatic carboxylic acids is 1. The van der Waals surface area contributed by atoms with Crippen LogP contribution in [0.5, 0.6) is 5.75 Å². The fourth-order valence-corrected chi connectivity index (χ4v) is 3.59. The zero-order chi connectivity index (χ0) is 24.7. The first-order valence-corrected chi connectivity index (χ1v) is 10.8. The van der Waals surface area contributed by atoms with Gasteiger partial charge in [-0.05, 0) is 36.5 Å². The third-order valence-electron chi connectivity index (χ3n) is 5.65. The summed E-state index contributed by atoms with van der Waals surface area (Å²) in [7, 11) is 0. The molecule has 0 radical (unpaired) electrons. The summed E-state index contributed by atoms with van der Waals surface area (Å²) in [5.74, 6) is -3.28. The second kappa shape index (κ2) is 11.6. The molecule has 1 aliphatic heterocycles. The maximum atomic E-state index is 13.0. The molecule has 1 aromatic carbocycles. The number of carbonyl (C=O) groups is 4. The monoisotopic (exact) mass is 464 g/mol. The van der Waals surface area contributed by atoms with Crippen molar-refractivity contribution in [2.24, 2.45) is 11.7 Å². The van der Waals surface area contributed by atoms with Crippen molar-refractivity contribution in [2.75, 3.05) is 13.2 Å². The van der Waals surface area contributed by atoms with Crippen LogP contribution in [0.3, 0.4) is 0 Å². The first kappa shape index (κ1) is 26.1. The third-order valence-corrected chi connectivity index (χ3v) is 5.65. The summed E-state index contributed by atoms with van der Waals surface area (Å²) in [5, 5.41) is 33.5. The van der Waals surface area contributed by atoms with Crippen molar-refractivity contribution in [2.45, 2.75) is 57.3 Å². The zero-order valence-corrected chi connectivity index (χ0v) is 18.7. The molecule has 1 saturated heterocycles. The van der Waals surface area contributed by atoms with E-state index < -0.39 is 54.5 Å². The Morgan fingerprint density at radius 2 is 1.70 bits per heavy atom. The standard InChI is InChI=1S/C22H32N4O7/c1-12(2)18(23)20(30)24-15(10-13-5-7-14(28)8-6-13)19(29)25-16(11-27)21(31)26-9-3-4-17(26)22(32)33/h5-8,12,15-18,27-28H,3-4,9-11,23H2,1-2H3,(H,24,30)(H,25,29)(H,32,33). The number of aromatic hydroxyl groups is 1. The van der Waals surface area contributed by atoms with Crippen LogP contribution in [0.25, 0.3) is 0 Å². The van der Waals surface area contributed by atoms with Crippen LogP contribution in [-0.4, -0.2) is 81.2 Å². The van der Waals surface area contributed by atoms with Gasteiger partial charge in [0.2, 0.25) is 17.7 Å². The normalized spacial score (nSPS) is 18.5. The van der Waals surface area contributed by atoms with Crippen molar-refractivity contribution < 1.29 is 34.5 Å². The lowest BCUT2D eigenvalue weighted by molar-refractivity contribution is -0.150. The topological polar surface area (TPSA) is 182 Å². The molecule has 4 unspecified atom stereocenters. The Balaban J connectivity index is 2.18. The van der Waals surface area contributed by atoms with E-state index in [9.17, 15) is 34.5 Å². The van der Waals surface area contributed by atoms with E-state index in [-0.39, 0.29) is 24.6 Å². The lowest BCUT2D eigenvalue weighted by atomic mass is 10.0. The maximum Gasteiger partial charge on any atom is 0.326 e. The molecule has 1 heterocycles. The molecule has 182 valence electrons. The van der Waals surface area contributed by atoms with E-state index in [2.05, 4.69) is 10.6 Å². The first-order chi connectivity index (χ1) is 15.5. The Bertz CT molecular complexity index is 859. The Labute approximate surface area is 191 Å². The number of nitrogens with one attached hydrogen (secondary N) is 2. The highest BCUT2D eigenvalue weighted by atomic mass is 16.4. The van der Waals surface area contributed by atoms with Gasteiger partial charge in [0, 0.05) is 13.0 Å². The summed E-state index contributed by atoms with van der Waals surface area (Å²) in [5.41, 5.74) is 6.52. The first-order valence-electron chi connectivity index (χ1n) is 10.8. The number of hydrogen-bond acceptors (Lipinski definition) is 7. The number of nitrogens with zero attached hydrogens (tertiary/aromatic N) is 1. The number of hydrogen-bond donors (Lipinski definition) is 6. The Kier molecular flexibility index (Phi) is 9.18. The van der Waals surface area contributed by atoms with Gasteiger partial charge < -0.3 is 36.6 Å². The fourth-order valence-electron chi connectivity index (χ4n) is 3.59. The molecule has 1 aliphatic rings. The van der Waals surface area contributed by atoms with Crippen LogP contribution in [0, 0.1) is 5.92 Å². The number of phenols is 1. The van der Waals surface area contributed by atoms with Crippen LogP contribution in [-0.2, 0) is 25.6 Å². The van der Waals surface area contributed by atoms with Crippen LogP contribution >= 0.6 is 0 Å². The van der Waals surface area contributed by atoms with Crippen LogP contribution in [0.2, 0.25) is 0 Å². The second-order valence-corrected chi connectivity index (χ2v) is 8.47. The minimum atomic E-state index is -1.37. The average molecular weight is 465 g/mol. The molecule has 0 aliphatic carbocycles. The molecule has 1 fully saturated rings. The lowest BCUT2D eigenvalue weighted by Gasteiger charge is -2.28. The lowest BCUT2D eigenvalue weighted by Crippen LogP contribution is -2.59. The van der Waals surface area contributed by atoms with E-state index in [1.54, 1.807) is 26.0 Å². The predicted molar refractivity (Wildman–Crippen MR) is 118 cm³/mol. The molecule has 1 aromatic rings. The number of likely N-dealkylation sites (tertiary alicyclic amines) is 1. The van der Waals surface area contributed by atoms with Crippen molar-refractivity contribution in [1.29, 1.82) is 0 Å². The van der Waals surface area contributed by atoms with Gasteiger partial charge in [-0.15, -0.1) is 0 Å². The number of phenolic OH excluding ortho intramolecular Hbond substituents is 1. The fraction of sp³-hybridized carbons (Fsp3) is 0.545. The van der Waals surface area contributed by atoms with Crippen molar-refractivity contribution in [3.05, 3.63) is 29.8 Å². The summed E-state index contributed by atoms with van der Waals surface area (Å²) in [4.78, 5) is 50.9. The van der Waals surface area contributed by atoms with Crippen LogP contribution in [0.1, 0.15) is 32.3 Å². The molecule has 33 heavy (non-hydrogen) atoms. The molecule has 2 rings (SSSR count). The molecule has 0 bridgehead atoms. The quantitative estimate of drug-likeness (QED) is 0.254. The maximum absolute atomic E-state index is 13.0. The van der Waals surface area contributed by atoms with Crippen LogP contribution in [0.4, 0.5) is 0 Å². The summed E-state index contributed by atoms with van der Waals surface area (Å²) < 4.78 is 0. The SMILES string of the molecule is CC(C)C(N)C(=O)NC(Cc1ccc(O)cc1)C(=O)NC(CO)C(=O)N1CCCC1C(=O)O. The van der Waals surface area contributed by atoms with E-state index in [1.807, 2.05) is 0 Å². The molecule has 11 heteroatoms. The summed E-state index contributed by atoms with van der Waals surface area (Å²) in [6.07, 6.45) is 0.831. The molecule has 11 nitrogen and oxygen atoms in total. The van der Waals surface area contributed by atoms with E-state index in [4.69, 9.17) is 5.73 Å². The molecule has 0 aromatic heterocycles. The largest absolute Gasteiger partial charge is 0.508 e. The highest BCUT2D eigenvalue weighted by Gasteiger charge is 2.38. The van der Waals surface area contributed by atoms with Gasteiger partial charge in [-0.1, -0.05) is 26.0 Å². The highest BCUT2D eigenvalue weighted by molar-refractivity contribution is 5.94. The van der Waals surface area contributed by atoms with Gasteiger partial charge in [0.1, 0.15) is 23.9 Å². The molecular formula is C22H32N4O7. The average Bonchev–Trinajstić information content (AvgIpc) is 3.27. The Morgan fingerprint density at radius 1 is 1.09 bits per heavy atom. The minimum Gasteiger partial charge on any atom is -0.508 e. The van der Waals surface area contributed by atoms with Gasteiger partial charge in [0.15, 0.2) is 0 Å². The number of carboxylic acid groups (broad SMARTS) is 1. The molecule has 7 N–H and O–H groups in total. The smallest absolute Gasteiger partial charge is 0.326 e. The number of aliphatic hydroxyl groups excluding tert-OH is 1. The van der Waals surface area contributed by atoms with Crippen molar-refractivity contribution in [1.82, 2.24) is 15.5 Å². The molecular weight excluding hydrogens is 432 g/mol. The van der Waals surface area contributed by atoms with Crippen LogP contribution in [0.15, 0.2) is 24.3 Å². The Morgan fingerprint density at radius 3 is 2.24 bits per heavy atom. The predicted octanol–water partition coefficient (Wildman–Crippen LogP) is -1.04. The number of rotatable bonds is 10. The van der Waals surface area contributed by atoms with Crippen molar-refractivity contribution in [3.8, 4) is 5.75 Å². The molecule has 3 amide bonds. The summed E-state index contributed by atoms with van der Waals surface area (Å²) in [6, 6.07) is 1.67. The number of aliphatic hydroxyl groups is 1. The van der Waals surface area contributed by atoms with Gasteiger partial charge >= 0.3 is 5.97 Å². The van der Waals surface area contributed by atoms with Gasteiger partial charge in [-0.3, -0.25) is 14.4 Å². The number of benzene rings is 1. The summed E-state index contributed by atoms with van der Waals surface area (Å²) >= 11 is 0. The van der Waals surface area contributed by atoms with E-state index >= 15 is 0 Å². The number of amides is 3. The van der Waals surface area contributed by atoms with Crippen molar-refractivity contribution >= 4 is 23.7 Å². The minimum absolute atomic E-state index is 0.0372. The van der Waals surface area contributed by atoms with Gasteiger partial charge in [0.05, 0.1) is 12.6 Å². The number of nitrogens with two attached hydrogens (primary N) is 1. The number of carbonyl (C=O) groups excluding carboxylic acids is 3. The third kappa shape index (κ3) is 6.90. The van der Waals surface area contributed by atoms with Crippen molar-refractivity contribution in [3.63, 3.8) is 0 Å². The van der Waals surface area contributed by atoms with E-state index in [0.717, 1.165) is 4.90 Å². The number of carboxylic acids is 1. The summed E-state index contributed by atoms with van der Waals surface area (Å²) in [6.45, 7) is 2.99. The van der Waals surface area contributed by atoms with Gasteiger partial charge in [-0.25, -0.2) is 4.79 Å². The van der Waals surface area contributed by atoms with Gasteiger partial charge in [-0.2, -0.15) is 0 Å². The molecule has 4 atom stereocenters. The second-order valence-electron chi connectivity index (χ2n) is 8.47. The molecule has 0 spiro atoms. The molecule has 0 saturated carbocycles. The van der Waals surface area contributed by atoms with E-state index in [0.29, 0.717) is 18.4 Å².